The Balaban J connectivity index is 1.06. The highest BCUT2D eigenvalue weighted by molar-refractivity contribution is 6.12. The van der Waals surface area contributed by atoms with E-state index < -0.39 is 0 Å². The summed E-state index contributed by atoms with van der Waals surface area (Å²) in [6.45, 7) is 11.6. The third kappa shape index (κ3) is 5.30. The zero-order valence-electron chi connectivity index (χ0n) is 37.6. The van der Waals surface area contributed by atoms with Crippen molar-refractivity contribution in [1.82, 2.24) is 0 Å². The average molecular weight is 820 g/mol. The molecule has 2 heteroatoms. The van der Waals surface area contributed by atoms with Crippen LogP contribution in [0.15, 0.2) is 132 Å². The van der Waals surface area contributed by atoms with Crippen molar-refractivity contribution in [2.75, 3.05) is 4.90 Å². The molecule has 1 heterocycles. The predicted molar refractivity (Wildman–Crippen MR) is 263 cm³/mol. The van der Waals surface area contributed by atoms with Crippen molar-refractivity contribution in [3.8, 4) is 33.4 Å². The van der Waals surface area contributed by atoms with Crippen LogP contribution in [-0.2, 0) is 10.8 Å². The molecule has 5 aliphatic carbocycles. The number of hydrogen-bond acceptors (Lipinski definition) is 2. The summed E-state index contributed by atoms with van der Waals surface area (Å²) in [6.07, 6.45) is 11.7. The monoisotopic (exact) mass is 819 g/mol. The van der Waals surface area contributed by atoms with Crippen molar-refractivity contribution >= 4 is 39.0 Å². The molecule has 0 aliphatic heterocycles. The van der Waals surface area contributed by atoms with Gasteiger partial charge >= 0.3 is 0 Å². The zero-order valence-corrected chi connectivity index (χ0v) is 37.6. The van der Waals surface area contributed by atoms with Gasteiger partial charge in [-0.1, -0.05) is 130 Å². The van der Waals surface area contributed by atoms with Crippen molar-refractivity contribution in [2.24, 2.45) is 11.8 Å². The fourth-order valence-electron chi connectivity index (χ4n) is 14.4. The second kappa shape index (κ2) is 13.6. The van der Waals surface area contributed by atoms with Gasteiger partial charge in [0.1, 0.15) is 5.58 Å². The summed E-state index contributed by atoms with van der Waals surface area (Å²) >= 11 is 0. The first-order valence-corrected chi connectivity index (χ1v) is 24.1. The lowest BCUT2D eigenvalue weighted by molar-refractivity contribution is 0.327. The maximum atomic E-state index is 7.48. The van der Waals surface area contributed by atoms with Crippen LogP contribution >= 0.6 is 0 Å². The molecule has 0 N–H and O–H groups in total. The Kier molecular flexibility index (Phi) is 8.12. The first-order valence-electron chi connectivity index (χ1n) is 24.1. The molecule has 2 nitrogen and oxygen atoms in total. The van der Waals surface area contributed by atoms with E-state index in [1.807, 2.05) is 0 Å². The number of nitrogens with zero attached hydrogens (tertiary/aromatic N) is 1. The Morgan fingerprint density at radius 1 is 0.556 bits per heavy atom. The van der Waals surface area contributed by atoms with Crippen molar-refractivity contribution in [3.05, 3.63) is 172 Å². The minimum absolute atomic E-state index is 0.0843. The number of para-hydroxylation sites is 1. The molecule has 8 aromatic rings. The molecule has 5 aliphatic rings. The molecule has 312 valence electrons. The van der Waals surface area contributed by atoms with Gasteiger partial charge in [-0.3, -0.25) is 0 Å². The van der Waals surface area contributed by atoms with Crippen LogP contribution in [0.2, 0.25) is 0 Å². The molecule has 3 fully saturated rings. The maximum absolute atomic E-state index is 7.48. The molecule has 3 saturated carbocycles. The van der Waals surface area contributed by atoms with Gasteiger partial charge < -0.3 is 9.32 Å². The van der Waals surface area contributed by atoms with Crippen LogP contribution in [0.4, 0.5) is 17.1 Å². The number of anilines is 3. The fourth-order valence-corrected chi connectivity index (χ4v) is 14.4. The van der Waals surface area contributed by atoms with Crippen LogP contribution < -0.4 is 4.90 Å². The van der Waals surface area contributed by atoms with Gasteiger partial charge in [0, 0.05) is 33.0 Å². The molecule has 0 radical (unpaired) electrons. The van der Waals surface area contributed by atoms with Crippen LogP contribution in [0.3, 0.4) is 0 Å². The summed E-state index contributed by atoms with van der Waals surface area (Å²) in [5, 5.41) is 2.43. The number of benzene rings is 7. The van der Waals surface area contributed by atoms with E-state index in [1.54, 1.807) is 5.56 Å². The van der Waals surface area contributed by atoms with Crippen LogP contribution in [0.1, 0.15) is 122 Å². The van der Waals surface area contributed by atoms with E-state index >= 15 is 0 Å². The molecule has 1 spiro atoms. The van der Waals surface area contributed by atoms with Gasteiger partial charge in [0.25, 0.3) is 0 Å². The molecule has 0 saturated heterocycles. The SMILES string of the molecule is Cc1cc(C)c(-c2cc(C3CCCCC3)c3oc4c(N(c5ccc6c(c5)C(C)(C)c5ccccc5-6)c5ccc6c(c5)C5(CC7CCC5C7)c5ccccc5-6)cccc4c3c2)c(C)c1. The van der Waals surface area contributed by atoms with E-state index in [2.05, 4.69) is 167 Å². The fraction of sp³-hybridized carbons (Fsp3) is 0.311. The van der Waals surface area contributed by atoms with Crippen molar-refractivity contribution in [2.45, 2.75) is 109 Å². The first kappa shape index (κ1) is 37.7. The molecule has 3 atom stereocenters. The molecular weight excluding hydrogens is 763 g/mol. The van der Waals surface area contributed by atoms with E-state index in [9.17, 15) is 0 Å². The molecule has 3 unspecified atom stereocenters. The summed E-state index contributed by atoms with van der Waals surface area (Å²) in [5.74, 6) is 2.00. The molecule has 2 bridgehead atoms. The topological polar surface area (TPSA) is 16.4 Å². The molecule has 63 heavy (non-hydrogen) atoms. The minimum atomic E-state index is -0.122. The lowest BCUT2D eigenvalue weighted by atomic mass is 9.67. The number of aryl methyl sites for hydroxylation is 3. The largest absolute Gasteiger partial charge is 0.454 e. The van der Waals surface area contributed by atoms with E-state index in [1.165, 1.54) is 152 Å². The second-order valence-electron chi connectivity index (χ2n) is 20.9. The average Bonchev–Trinajstić information content (AvgIpc) is 4.11. The van der Waals surface area contributed by atoms with Crippen LogP contribution in [0, 0.1) is 32.6 Å². The summed E-state index contributed by atoms with van der Waals surface area (Å²) in [6, 6.07) is 49.7. The smallest absolute Gasteiger partial charge is 0.159 e. The molecule has 7 aromatic carbocycles. The Hall–Kier alpha value is -5.86. The Morgan fingerprint density at radius 2 is 1.22 bits per heavy atom. The van der Waals surface area contributed by atoms with Gasteiger partial charge in [0.05, 0.1) is 5.69 Å². The minimum Gasteiger partial charge on any atom is -0.454 e. The zero-order chi connectivity index (χ0) is 42.4. The molecule has 1 aromatic heterocycles. The van der Waals surface area contributed by atoms with Gasteiger partial charge in [-0.25, -0.2) is 0 Å². The van der Waals surface area contributed by atoms with E-state index in [0.29, 0.717) is 11.8 Å². The lowest BCUT2D eigenvalue weighted by Crippen LogP contribution is -2.32. The van der Waals surface area contributed by atoms with Crippen LogP contribution in [0.25, 0.3) is 55.3 Å². The standard InChI is InChI=1S/C61H57NO/c1-36-28-37(2)57(38(3)29-36)41-31-50(40-14-7-6-8-15-40)58-51(32-41)49-18-13-21-56(59(49)63-58)62(43-24-26-47-45-16-9-11-19-52(45)60(4,5)54(47)33-43)44-25-27-48-46-17-10-12-20-53(46)61(55(48)34-44)35-39-22-23-42(61)30-39/h9-13,16-21,24-29,31-34,39-40,42H,6-8,14-15,22-23,30,35H2,1-5H3. The van der Waals surface area contributed by atoms with Crippen LogP contribution in [-0.4, -0.2) is 0 Å². The number of furan rings is 1. The van der Waals surface area contributed by atoms with Gasteiger partial charge in [-0.05, 0) is 185 Å². The Labute approximate surface area is 373 Å². The maximum Gasteiger partial charge on any atom is 0.159 e. The highest BCUT2D eigenvalue weighted by Crippen LogP contribution is 2.66. The van der Waals surface area contributed by atoms with Gasteiger partial charge in [0.2, 0.25) is 0 Å². The van der Waals surface area contributed by atoms with E-state index in [4.69, 9.17) is 4.42 Å². The summed E-state index contributed by atoms with van der Waals surface area (Å²) in [4.78, 5) is 2.56. The highest BCUT2D eigenvalue weighted by Gasteiger charge is 2.56. The Morgan fingerprint density at radius 3 is 1.94 bits per heavy atom. The van der Waals surface area contributed by atoms with E-state index in [0.717, 1.165) is 22.8 Å². The van der Waals surface area contributed by atoms with Gasteiger partial charge in [-0.15, -0.1) is 0 Å². The summed E-state index contributed by atoms with van der Waals surface area (Å²) in [7, 11) is 0. The molecular formula is C61H57NO. The van der Waals surface area contributed by atoms with Crippen molar-refractivity contribution in [3.63, 3.8) is 0 Å². The second-order valence-corrected chi connectivity index (χ2v) is 20.9. The highest BCUT2D eigenvalue weighted by atomic mass is 16.3. The summed E-state index contributed by atoms with van der Waals surface area (Å²) in [5.41, 5.74) is 25.1. The number of hydrogen-bond donors (Lipinski definition) is 0. The molecule has 0 amide bonds. The third-order valence-electron chi connectivity index (χ3n) is 17.0. The molecule has 13 rings (SSSR count). The lowest BCUT2D eigenvalue weighted by Gasteiger charge is -2.37. The number of fused-ring (bicyclic) bond motifs is 14. The Bertz CT molecular complexity index is 3180. The number of rotatable bonds is 5. The third-order valence-corrected chi connectivity index (χ3v) is 17.0. The van der Waals surface area contributed by atoms with Gasteiger partial charge in [0.15, 0.2) is 5.58 Å². The normalized spacial score (nSPS) is 21.6. The van der Waals surface area contributed by atoms with E-state index in [-0.39, 0.29) is 10.8 Å². The summed E-state index contributed by atoms with van der Waals surface area (Å²) < 4.78 is 7.48. The van der Waals surface area contributed by atoms with Gasteiger partial charge in [-0.2, -0.15) is 0 Å². The van der Waals surface area contributed by atoms with Crippen LogP contribution in [0.5, 0.6) is 0 Å². The first-order chi connectivity index (χ1) is 30.7. The predicted octanol–water partition coefficient (Wildman–Crippen LogP) is 17.1. The van der Waals surface area contributed by atoms with Crippen molar-refractivity contribution in [1.29, 1.82) is 0 Å². The quantitative estimate of drug-likeness (QED) is 0.172. The van der Waals surface area contributed by atoms with Crippen molar-refractivity contribution < 1.29 is 4.42 Å².